The van der Waals surface area contributed by atoms with E-state index in [1.165, 1.54) is 5.56 Å². The zero-order valence-electron chi connectivity index (χ0n) is 11.7. The second-order valence-electron chi connectivity index (χ2n) is 5.40. The Morgan fingerprint density at radius 1 is 1.00 bits per heavy atom. The van der Waals surface area contributed by atoms with Crippen LogP contribution in [0.4, 0.5) is 0 Å². The van der Waals surface area contributed by atoms with Gasteiger partial charge in [-0.3, -0.25) is 0 Å². The van der Waals surface area contributed by atoms with Gasteiger partial charge >= 0.3 is 5.97 Å². The molecule has 0 N–H and O–H groups in total. The van der Waals surface area contributed by atoms with Crippen LogP contribution in [0, 0.1) is 0 Å². The van der Waals surface area contributed by atoms with Gasteiger partial charge in [0.05, 0.1) is 5.56 Å². The molecule has 3 rings (SSSR count). The fourth-order valence-electron chi connectivity index (χ4n) is 2.94. The molecule has 0 heterocycles. The van der Waals surface area contributed by atoms with Crippen molar-refractivity contribution in [3.63, 3.8) is 0 Å². The second-order valence-corrected chi connectivity index (χ2v) is 5.84. The van der Waals surface area contributed by atoms with E-state index in [0.29, 0.717) is 5.56 Å². The lowest BCUT2D eigenvalue weighted by Gasteiger charge is -2.20. The first-order valence-corrected chi connectivity index (χ1v) is 7.63. The minimum atomic E-state index is -0.235. The average Bonchev–Trinajstić information content (AvgIpc) is 2.97. The Kier molecular flexibility index (Phi) is 4.26. The third-order valence-corrected chi connectivity index (χ3v) is 4.27. The summed E-state index contributed by atoms with van der Waals surface area (Å²) in [5.41, 5.74) is 1.81. The lowest BCUT2D eigenvalue weighted by molar-refractivity contribution is 0.0279. The van der Waals surface area contributed by atoms with Gasteiger partial charge in [0.25, 0.3) is 0 Å². The van der Waals surface area contributed by atoms with Crippen LogP contribution < -0.4 is 0 Å². The van der Waals surface area contributed by atoms with Gasteiger partial charge in [0.2, 0.25) is 0 Å². The number of halogens is 1. The maximum Gasteiger partial charge on any atom is 0.338 e. The van der Waals surface area contributed by atoms with Gasteiger partial charge in [0.15, 0.2) is 0 Å². The predicted molar refractivity (Wildman–Crippen MR) is 83.7 cm³/mol. The van der Waals surface area contributed by atoms with Crippen LogP contribution in [-0.2, 0) is 4.74 Å². The number of esters is 1. The molecule has 108 valence electrons. The van der Waals surface area contributed by atoms with Gasteiger partial charge < -0.3 is 4.74 Å². The molecule has 2 aromatic rings. The van der Waals surface area contributed by atoms with Crippen molar-refractivity contribution in [2.24, 2.45) is 0 Å². The predicted octanol–water partition coefficient (Wildman–Crippen LogP) is 4.83. The number of benzene rings is 2. The summed E-state index contributed by atoms with van der Waals surface area (Å²) in [6.45, 7) is 0. The highest BCUT2D eigenvalue weighted by Gasteiger charge is 2.31. The molecule has 0 saturated heterocycles. The van der Waals surface area contributed by atoms with E-state index in [9.17, 15) is 4.79 Å². The van der Waals surface area contributed by atoms with Gasteiger partial charge in [0, 0.05) is 10.9 Å². The molecular formula is C18H17ClO2. The van der Waals surface area contributed by atoms with Gasteiger partial charge in [-0.1, -0.05) is 41.9 Å². The van der Waals surface area contributed by atoms with Gasteiger partial charge in [-0.15, -0.1) is 0 Å². The minimum absolute atomic E-state index is 0.0427. The molecule has 2 atom stereocenters. The molecule has 0 amide bonds. The Bertz CT molecular complexity index is 607. The molecule has 3 heteroatoms. The first-order valence-electron chi connectivity index (χ1n) is 7.25. The monoisotopic (exact) mass is 300 g/mol. The summed E-state index contributed by atoms with van der Waals surface area (Å²) in [5, 5.41) is 0.731. The van der Waals surface area contributed by atoms with E-state index >= 15 is 0 Å². The molecule has 21 heavy (non-hydrogen) atoms. The lowest BCUT2D eigenvalue weighted by Crippen LogP contribution is -2.21. The SMILES string of the molecule is O=C(OC1CCCC1c1ccc(Cl)cc1)c1ccccc1. The molecule has 2 aromatic carbocycles. The average molecular weight is 301 g/mol. The Hall–Kier alpha value is -1.80. The molecule has 1 fully saturated rings. The standard InChI is InChI=1S/C18H17ClO2/c19-15-11-9-13(10-12-15)16-7-4-8-17(16)21-18(20)14-5-2-1-3-6-14/h1-3,5-6,9-12,16-17H,4,7-8H2. The van der Waals surface area contributed by atoms with Crippen LogP contribution in [0.1, 0.15) is 41.1 Å². The lowest BCUT2D eigenvalue weighted by atomic mass is 9.96. The van der Waals surface area contributed by atoms with Gasteiger partial charge in [-0.2, -0.15) is 0 Å². The molecule has 0 aliphatic heterocycles. The van der Waals surface area contributed by atoms with Crippen LogP contribution in [0.15, 0.2) is 54.6 Å². The summed E-state index contributed by atoms with van der Waals surface area (Å²) in [5.74, 6) is 0.0383. The Balaban J connectivity index is 1.72. The smallest absolute Gasteiger partial charge is 0.338 e. The number of rotatable bonds is 3. The normalized spacial score (nSPS) is 21.2. The van der Waals surface area contributed by atoms with E-state index in [1.54, 1.807) is 12.1 Å². The molecule has 2 nitrogen and oxygen atoms in total. The highest BCUT2D eigenvalue weighted by molar-refractivity contribution is 6.30. The quantitative estimate of drug-likeness (QED) is 0.759. The minimum Gasteiger partial charge on any atom is -0.458 e. The van der Waals surface area contributed by atoms with Crippen LogP contribution >= 0.6 is 11.6 Å². The third kappa shape index (κ3) is 3.27. The first kappa shape index (κ1) is 14.2. The van der Waals surface area contributed by atoms with E-state index in [0.717, 1.165) is 24.3 Å². The van der Waals surface area contributed by atoms with Crippen molar-refractivity contribution in [2.45, 2.75) is 31.3 Å². The number of hydrogen-bond acceptors (Lipinski definition) is 2. The zero-order valence-corrected chi connectivity index (χ0v) is 12.4. The second kappa shape index (κ2) is 6.31. The summed E-state index contributed by atoms with van der Waals surface area (Å²) in [6.07, 6.45) is 3.01. The largest absolute Gasteiger partial charge is 0.458 e. The molecule has 0 spiro atoms. The summed E-state index contributed by atoms with van der Waals surface area (Å²) in [7, 11) is 0. The fourth-order valence-corrected chi connectivity index (χ4v) is 3.06. The zero-order chi connectivity index (χ0) is 14.7. The summed E-state index contributed by atoms with van der Waals surface area (Å²) >= 11 is 5.93. The van der Waals surface area contributed by atoms with Crippen LogP contribution in [0.3, 0.4) is 0 Å². The summed E-state index contributed by atoms with van der Waals surface area (Å²) < 4.78 is 5.72. The number of hydrogen-bond donors (Lipinski definition) is 0. The van der Waals surface area contributed by atoms with Crippen LogP contribution in [0.5, 0.6) is 0 Å². The highest BCUT2D eigenvalue weighted by atomic mass is 35.5. The number of carbonyl (C=O) groups excluding carboxylic acids is 1. The van der Waals surface area contributed by atoms with E-state index in [-0.39, 0.29) is 18.0 Å². The van der Waals surface area contributed by atoms with E-state index in [4.69, 9.17) is 16.3 Å². The van der Waals surface area contributed by atoms with Gasteiger partial charge in [-0.25, -0.2) is 4.79 Å². The molecule has 0 radical (unpaired) electrons. The Morgan fingerprint density at radius 3 is 2.43 bits per heavy atom. The molecule has 0 bridgehead atoms. The van der Waals surface area contributed by atoms with Crippen LogP contribution in [0.2, 0.25) is 5.02 Å². The van der Waals surface area contributed by atoms with Crippen molar-refractivity contribution in [2.75, 3.05) is 0 Å². The van der Waals surface area contributed by atoms with E-state index < -0.39 is 0 Å². The molecule has 1 aliphatic rings. The molecule has 0 aromatic heterocycles. The van der Waals surface area contributed by atoms with Crippen LogP contribution in [0.25, 0.3) is 0 Å². The molecular weight excluding hydrogens is 284 g/mol. The van der Waals surface area contributed by atoms with Gasteiger partial charge in [-0.05, 0) is 49.1 Å². The third-order valence-electron chi connectivity index (χ3n) is 4.02. The highest BCUT2D eigenvalue weighted by Crippen LogP contribution is 2.37. The maximum atomic E-state index is 12.2. The molecule has 2 unspecified atom stereocenters. The van der Waals surface area contributed by atoms with Crippen molar-refractivity contribution in [3.05, 3.63) is 70.7 Å². The van der Waals surface area contributed by atoms with Gasteiger partial charge in [0.1, 0.15) is 6.10 Å². The van der Waals surface area contributed by atoms with Crippen molar-refractivity contribution in [3.8, 4) is 0 Å². The van der Waals surface area contributed by atoms with E-state index in [1.807, 2.05) is 42.5 Å². The summed E-state index contributed by atoms with van der Waals surface area (Å²) in [4.78, 5) is 12.2. The van der Waals surface area contributed by atoms with Crippen molar-refractivity contribution in [1.29, 1.82) is 0 Å². The number of carbonyl (C=O) groups is 1. The topological polar surface area (TPSA) is 26.3 Å². The van der Waals surface area contributed by atoms with E-state index in [2.05, 4.69) is 0 Å². The fraction of sp³-hybridized carbons (Fsp3) is 0.278. The maximum absolute atomic E-state index is 12.2. The Labute approximate surface area is 129 Å². The number of ether oxygens (including phenoxy) is 1. The van der Waals surface area contributed by atoms with Crippen molar-refractivity contribution in [1.82, 2.24) is 0 Å². The summed E-state index contributed by atoms with van der Waals surface area (Å²) in [6, 6.07) is 17.0. The van der Waals surface area contributed by atoms with Crippen molar-refractivity contribution < 1.29 is 9.53 Å². The Morgan fingerprint density at radius 2 is 1.71 bits per heavy atom. The van der Waals surface area contributed by atoms with Crippen molar-refractivity contribution >= 4 is 17.6 Å². The first-order chi connectivity index (χ1) is 10.2. The molecule has 1 aliphatic carbocycles. The molecule has 1 saturated carbocycles. The van der Waals surface area contributed by atoms with Crippen LogP contribution in [-0.4, -0.2) is 12.1 Å².